The molecular formula is C22H28N4O2. The molecular weight excluding hydrogens is 352 g/mol. The Morgan fingerprint density at radius 3 is 2.18 bits per heavy atom. The molecule has 1 fully saturated rings. The van der Waals surface area contributed by atoms with Gasteiger partial charge in [-0.25, -0.2) is 4.79 Å². The molecule has 2 aromatic carbocycles. The van der Waals surface area contributed by atoms with Crippen molar-refractivity contribution in [3.8, 4) is 0 Å². The summed E-state index contributed by atoms with van der Waals surface area (Å²) >= 11 is 0. The van der Waals surface area contributed by atoms with E-state index < -0.39 is 6.04 Å². The Hall–Kier alpha value is -3.02. The quantitative estimate of drug-likeness (QED) is 0.808. The van der Waals surface area contributed by atoms with Gasteiger partial charge in [-0.15, -0.1) is 0 Å². The van der Waals surface area contributed by atoms with Gasteiger partial charge in [0, 0.05) is 38.4 Å². The van der Waals surface area contributed by atoms with Crippen molar-refractivity contribution in [1.29, 1.82) is 0 Å². The van der Waals surface area contributed by atoms with Gasteiger partial charge in [0.15, 0.2) is 0 Å². The summed E-state index contributed by atoms with van der Waals surface area (Å²) in [5, 5.41) is 5.70. The van der Waals surface area contributed by atoms with Crippen LogP contribution >= 0.6 is 0 Å². The Balaban J connectivity index is 1.38. The van der Waals surface area contributed by atoms with Crippen molar-refractivity contribution < 1.29 is 9.59 Å². The van der Waals surface area contributed by atoms with Crippen molar-refractivity contribution >= 4 is 17.6 Å². The molecule has 28 heavy (non-hydrogen) atoms. The predicted molar refractivity (Wildman–Crippen MR) is 111 cm³/mol. The Morgan fingerprint density at radius 2 is 1.54 bits per heavy atom. The molecule has 1 aliphatic heterocycles. The van der Waals surface area contributed by atoms with Crippen LogP contribution in [0.25, 0.3) is 0 Å². The summed E-state index contributed by atoms with van der Waals surface area (Å²) < 4.78 is 0. The fourth-order valence-corrected chi connectivity index (χ4v) is 3.28. The number of benzene rings is 2. The van der Waals surface area contributed by atoms with Crippen LogP contribution in [0.15, 0.2) is 60.7 Å². The fourth-order valence-electron chi connectivity index (χ4n) is 3.28. The summed E-state index contributed by atoms with van der Waals surface area (Å²) in [7, 11) is 0. The molecule has 0 unspecified atom stereocenters. The van der Waals surface area contributed by atoms with Crippen molar-refractivity contribution in [3.63, 3.8) is 0 Å². The normalized spacial score (nSPS) is 15.0. The minimum absolute atomic E-state index is 0.160. The van der Waals surface area contributed by atoms with Crippen molar-refractivity contribution in [3.05, 3.63) is 66.2 Å². The largest absolute Gasteiger partial charge is 0.368 e. The van der Waals surface area contributed by atoms with Crippen LogP contribution < -0.4 is 15.5 Å². The highest BCUT2D eigenvalue weighted by atomic mass is 16.2. The highest BCUT2D eigenvalue weighted by Gasteiger charge is 2.23. The number of para-hydroxylation sites is 1. The second-order valence-electron chi connectivity index (χ2n) is 7.01. The maximum atomic E-state index is 12.5. The first-order valence-corrected chi connectivity index (χ1v) is 9.80. The zero-order valence-electron chi connectivity index (χ0n) is 16.3. The van der Waals surface area contributed by atoms with Crippen molar-refractivity contribution in [2.75, 3.05) is 37.6 Å². The van der Waals surface area contributed by atoms with Crippen molar-refractivity contribution in [2.24, 2.45) is 0 Å². The maximum absolute atomic E-state index is 12.5. The lowest BCUT2D eigenvalue weighted by molar-refractivity contribution is -0.122. The molecule has 6 heteroatoms. The third-order valence-electron chi connectivity index (χ3n) is 4.98. The summed E-state index contributed by atoms with van der Waals surface area (Å²) in [6.45, 7) is 5.13. The number of rotatable bonds is 6. The summed E-state index contributed by atoms with van der Waals surface area (Å²) in [5.41, 5.74) is 2.35. The standard InChI is InChI=1S/C22H28N4O2/c1-18(21(27)23-13-12-19-8-4-2-5-9-19)24-22(28)26-16-14-25(15-17-26)20-10-6-3-7-11-20/h2-11,18H,12-17H2,1H3,(H,23,27)(H,24,28)/t18-/m0/s1. The van der Waals surface area contributed by atoms with Gasteiger partial charge in [0.1, 0.15) is 6.04 Å². The molecule has 1 saturated heterocycles. The van der Waals surface area contributed by atoms with Gasteiger partial charge in [-0.1, -0.05) is 48.5 Å². The number of nitrogens with one attached hydrogen (secondary N) is 2. The second-order valence-corrected chi connectivity index (χ2v) is 7.01. The first-order chi connectivity index (χ1) is 13.6. The molecule has 2 aromatic rings. The highest BCUT2D eigenvalue weighted by molar-refractivity contribution is 5.86. The van der Waals surface area contributed by atoms with E-state index in [0.717, 1.165) is 19.5 Å². The lowest BCUT2D eigenvalue weighted by Gasteiger charge is -2.36. The van der Waals surface area contributed by atoms with Crippen LogP contribution in [-0.2, 0) is 11.2 Å². The summed E-state index contributed by atoms with van der Waals surface area (Å²) in [6, 6.07) is 19.5. The molecule has 0 spiro atoms. The molecule has 1 aliphatic rings. The Bertz CT molecular complexity index is 759. The number of amides is 3. The lowest BCUT2D eigenvalue weighted by atomic mass is 10.1. The molecule has 0 saturated carbocycles. The van der Waals surface area contributed by atoms with Gasteiger partial charge >= 0.3 is 6.03 Å². The van der Waals surface area contributed by atoms with Crippen LogP contribution in [0, 0.1) is 0 Å². The Morgan fingerprint density at radius 1 is 0.929 bits per heavy atom. The predicted octanol–water partition coefficient (Wildman–Crippen LogP) is 2.27. The van der Waals surface area contributed by atoms with Crippen LogP contribution in [0.2, 0.25) is 0 Å². The number of piperazine rings is 1. The summed E-state index contributed by atoms with van der Waals surface area (Å²) in [5.74, 6) is -0.160. The van der Waals surface area contributed by atoms with Crippen LogP contribution in [0.5, 0.6) is 0 Å². The highest BCUT2D eigenvalue weighted by Crippen LogP contribution is 2.15. The number of urea groups is 1. The fraction of sp³-hybridized carbons (Fsp3) is 0.364. The number of carbonyl (C=O) groups excluding carboxylic acids is 2. The van der Waals surface area contributed by atoms with Gasteiger partial charge in [-0.05, 0) is 31.0 Å². The molecule has 0 bridgehead atoms. The minimum Gasteiger partial charge on any atom is -0.368 e. The van der Waals surface area contributed by atoms with Gasteiger partial charge in [0.25, 0.3) is 0 Å². The summed E-state index contributed by atoms with van der Waals surface area (Å²) in [6.07, 6.45) is 0.773. The van der Waals surface area contributed by atoms with E-state index in [0.29, 0.717) is 19.6 Å². The van der Waals surface area contributed by atoms with Gasteiger partial charge in [0.2, 0.25) is 5.91 Å². The van der Waals surface area contributed by atoms with Crippen molar-refractivity contribution in [2.45, 2.75) is 19.4 Å². The lowest BCUT2D eigenvalue weighted by Crippen LogP contribution is -2.55. The van der Waals surface area contributed by atoms with Crippen LogP contribution in [0.4, 0.5) is 10.5 Å². The minimum atomic E-state index is -0.560. The average Bonchev–Trinajstić information content (AvgIpc) is 2.75. The van der Waals surface area contributed by atoms with E-state index in [2.05, 4.69) is 27.7 Å². The second kappa shape index (κ2) is 9.78. The number of anilines is 1. The van der Waals surface area contributed by atoms with Crippen LogP contribution in [0.3, 0.4) is 0 Å². The number of hydrogen-bond donors (Lipinski definition) is 2. The molecule has 2 N–H and O–H groups in total. The molecule has 6 nitrogen and oxygen atoms in total. The third kappa shape index (κ3) is 5.49. The van der Waals surface area contributed by atoms with E-state index in [1.165, 1.54) is 11.3 Å². The van der Waals surface area contributed by atoms with E-state index in [-0.39, 0.29) is 11.9 Å². The van der Waals surface area contributed by atoms with E-state index >= 15 is 0 Å². The molecule has 148 valence electrons. The Labute approximate surface area is 166 Å². The maximum Gasteiger partial charge on any atom is 0.318 e. The first kappa shape index (κ1) is 19.7. The smallest absolute Gasteiger partial charge is 0.318 e. The zero-order chi connectivity index (χ0) is 19.8. The van der Waals surface area contributed by atoms with Gasteiger partial charge in [0.05, 0.1) is 0 Å². The monoisotopic (exact) mass is 380 g/mol. The van der Waals surface area contributed by atoms with E-state index in [4.69, 9.17) is 0 Å². The molecule has 0 aromatic heterocycles. The molecule has 1 atom stereocenters. The van der Waals surface area contributed by atoms with E-state index in [1.54, 1.807) is 11.8 Å². The van der Waals surface area contributed by atoms with Crippen LogP contribution in [-0.4, -0.2) is 55.6 Å². The molecule has 3 amide bonds. The molecule has 0 aliphatic carbocycles. The molecule has 1 heterocycles. The number of nitrogens with zero attached hydrogens (tertiary/aromatic N) is 2. The Kier molecular flexibility index (Phi) is 6.89. The van der Waals surface area contributed by atoms with E-state index in [1.807, 2.05) is 48.5 Å². The van der Waals surface area contributed by atoms with Crippen molar-refractivity contribution in [1.82, 2.24) is 15.5 Å². The molecule has 0 radical (unpaired) electrons. The average molecular weight is 380 g/mol. The summed E-state index contributed by atoms with van der Waals surface area (Å²) in [4.78, 5) is 28.7. The van der Waals surface area contributed by atoms with E-state index in [9.17, 15) is 9.59 Å². The zero-order valence-corrected chi connectivity index (χ0v) is 16.3. The first-order valence-electron chi connectivity index (χ1n) is 9.80. The SMILES string of the molecule is C[C@H](NC(=O)N1CCN(c2ccccc2)CC1)C(=O)NCCc1ccccc1. The number of hydrogen-bond acceptors (Lipinski definition) is 3. The van der Waals surface area contributed by atoms with Gasteiger partial charge < -0.3 is 20.4 Å². The topological polar surface area (TPSA) is 64.7 Å². The third-order valence-corrected chi connectivity index (χ3v) is 4.98. The van der Waals surface area contributed by atoms with Gasteiger partial charge in [-0.2, -0.15) is 0 Å². The van der Waals surface area contributed by atoms with Gasteiger partial charge in [-0.3, -0.25) is 4.79 Å². The molecule has 3 rings (SSSR count). The number of carbonyl (C=O) groups is 2. The van der Waals surface area contributed by atoms with Crippen LogP contribution in [0.1, 0.15) is 12.5 Å².